The van der Waals surface area contributed by atoms with Gasteiger partial charge < -0.3 is 15.7 Å². The van der Waals surface area contributed by atoms with Crippen LogP contribution in [0.4, 0.5) is 5.69 Å². The predicted octanol–water partition coefficient (Wildman–Crippen LogP) is 0.261. The molecule has 2 rings (SSSR count). The van der Waals surface area contributed by atoms with Crippen LogP contribution in [0.3, 0.4) is 0 Å². The van der Waals surface area contributed by atoms with E-state index in [1.807, 2.05) is 0 Å². The third-order valence-electron chi connectivity index (χ3n) is 2.76. The topological polar surface area (TPSA) is 79.5 Å². The van der Waals surface area contributed by atoms with E-state index in [2.05, 4.69) is 4.98 Å². The van der Waals surface area contributed by atoms with Crippen LogP contribution in [0.25, 0.3) is 0 Å². The van der Waals surface area contributed by atoms with Crippen molar-refractivity contribution in [1.29, 1.82) is 0 Å². The summed E-state index contributed by atoms with van der Waals surface area (Å²) in [4.78, 5) is 17.7. The maximum absolute atomic E-state index is 12.0. The average molecular weight is 221 g/mol. The number of amides is 1. The molecule has 0 radical (unpaired) electrons. The molecule has 0 spiro atoms. The highest BCUT2D eigenvalue weighted by molar-refractivity contribution is 5.92. The van der Waals surface area contributed by atoms with Crippen molar-refractivity contribution in [3.63, 3.8) is 0 Å². The summed E-state index contributed by atoms with van der Waals surface area (Å²) >= 11 is 0. The number of likely N-dealkylation sites (tertiary alicyclic amines) is 1. The Balaban J connectivity index is 2.05. The van der Waals surface area contributed by atoms with Crippen molar-refractivity contribution in [2.24, 2.45) is 0 Å². The highest BCUT2D eigenvalue weighted by Gasteiger charge is 2.22. The van der Waals surface area contributed by atoms with Gasteiger partial charge in [-0.3, -0.25) is 4.79 Å². The van der Waals surface area contributed by atoms with Crippen molar-refractivity contribution >= 4 is 11.6 Å². The molecular weight excluding hydrogens is 206 g/mol. The lowest BCUT2D eigenvalue weighted by atomic mass is 10.1. The number of hydrogen-bond acceptors (Lipinski definition) is 4. The molecule has 2 heterocycles. The summed E-state index contributed by atoms with van der Waals surface area (Å²) in [5.41, 5.74) is 6.46. The molecule has 5 heteroatoms. The number of hydrogen-bond donors (Lipinski definition) is 2. The molecule has 1 saturated heterocycles. The smallest absolute Gasteiger partial charge is 0.272 e. The summed E-state index contributed by atoms with van der Waals surface area (Å²) in [7, 11) is 0. The summed E-state index contributed by atoms with van der Waals surface area (Å²) in [5.74, 6) is -0.0908. The number of nitrogens with zero attached hydrogens (tertiary/aromatic N) is 2. The molecule has 0 atom stereocenters. The van der Waals surface area contributed by atoms with Crippen molar-refractivity contribution in [1.82, 2.24) is 9.88 Å². The Morgan fingerprint density at radius 2 is 2.12 bits per heavy atom. The highest BCUT2D eigenvalue weighted by atomic mass is 16.3. The van der Waals surface area contributed by atoms with Gasteiger partial charge in [-0.25, -0.2) is 4.98 Å². The Kier molecular flexibility index (Phi) is 3.05. The minimum absolute atomic E-state index is 0.0908. The van der Waals surface area contributed by atoms with Gasteiger partial charge in [0.1, 0.15) is 5.69 Å². The van der Waals surface area contributed by atoms with Gasteiger partial charge in [-0.05, 0) is 25.0 Å². The summed E-state index contributed by atoms with van der Waals surface area (Å²) in [6.45, 7) is 1.18. The predicted molar refractivity (Wildman–Crippen MR) is 59.8 cm³/mol. The van der Waals surface area contributed by atoms with Crippen LogP contribution in [0, 0.1) is 0 Å². The molecule has 1 aromatic heterocycles. The summed E-state index contributed by atoms with van der Waals surface area (Å²) in [6, 6.07) is 3.29. The van der Waals surface area contributed by atoms with Crippen LogP contribution >= 0.6 is 0 Å². The number of piperidine rings is 1. The Morgan fingerprint density at radius 3 is 2.69 bits per heavy atom. The van der Waals surface area contributed by atoms with E-state index < -0.39 is 0 Å². The molecule has 1 aromatic rings. The number of nitrogens with two attached hydrogens (primary N) is 1. The standard InChI is InChI=1S/C11H15N3O2/c12-8-1-2-10(13-7-8)11(16)14-5-3-9(15)4-6-14/h1-2,7,9,15H,3-6,12H2. The number of aliphatic hydroxyl groups is 1. The molecule has 1 aliphatic heterocycles. The number of carbonyl (C=O) groups is 1. The first-order valence-corrected chi connectivity index (χ1v) is 5.35. The number of anilines is 1. The third kappa shape index (κ3) is 2.30. The first kappa shape index (κ1) is 10.9. The van der Waals surface area contributed by atoms with Gasteiger partial charge in [0.25, 0.3) is 5.91 Å². The minimum atomic E-state index is -0.275. The normalized spacial score (nSPS) is 17.4. The number of aliphatic hydroxyl groups excluding tert-OH is 1. The molecule has 0 bridgehead atoms. The van der Waals surface area contributed by atoms with Gasteiger partial charge in [-0.15, -0.1) is 0 Å². The van der Waals surface area contributed by atoms with Crippen molar-refractivity contribution in [2.75, 3.05) is 18.8 Å². The molecule has 86 valence electrons. The quantitative estimate of drug-likeness (QED) is 0.713. The molecular formula is C11H15N3O2. The first-order valence-electron chi connectivity index (χ1n) is 5.35. The fourth-order valence-corrected chi connectivity index (χ4v) is 1.76. The molecule has 1 fully saturated rings. The lowest BCUT2D eigenvalue weighted by Crippen LogP contribution is -2.40. The first-order chi connectivity index (χ1) is 7.66. The van der Waals surface area contributed by atoms with Crippen molar-refractivity contribution < 1.29 is 9.90 Å². The van der Waals surface area contributed by atoms with Crippen molar-refractivity contribution in [3.05, 3.63) is 24.0 Å². The maximum Gasteiger partial charge on any atom is 0.272 e. The van der Waals surface area contributed by atoms with E-state index in [4.69, 9.17) is 5.73 Å². The molecule has 3 N–H and O–H groups in total. The Morgan fingerprint density at radius 1 is 1.44 bits per heavy atom. The van der Waals surface area contributed by atoms with Gasteiger partial charge in [0.05, 0.1) is 18.0 Å². The molecule has 1 aliphatic rings. The SMILES string of the molecule is Nc1ccc(C(=O)N2CCC(O)CC2)nc1. The zero-order valence-electron chi connectivity index (χ0n) is 8.97. The van der Waals surface area contributed by atoms with Gasteiger partial charge in [-0.1, -0.05) is 0 Å². The van der Waals surface area contributed by atoms with E-state index in [0.717, 1.165) is 0 Å². The van der Waals surface area contributed by atoms with E-state index in [1.165, 1.54) is 6.20 Å². The Bertz CT molecular complexity index is 369. The molecule has 0 aliphatic carbocycles. The van der Waals surface area contributed by atoms with Gasteiger partial charge in [-0.2, -0.15) is 0 Å². The fourth-order valence-electron chi connectivity index (χ4n) is 1.76. The number of carbonyl (C=O) groups excluding carboxylic acids is 1. The number of pyridine rings is 1. The zero-order valence-corrected chi connectivity index (χ0v) is 8.97. The van der Waals surface area contributed by atoms with Crippen molar-refractivity contribution in [3.8, 4) is 0 Å². The second kappa shape index (κ2) is 4.49. The van der Waals surface area contributed by atoms with Crippen LogP contribution in [0.5, 0.6) is 0 Å². The van der Waals surface area contributed by atoms with E-state index >= 15 is 0 Å². The summed E-state index contributed by atoms with van der Waals surface area (Å²) in [6.07, 6.45) is 2.48. The Labute approximate surface area is 93.9 Å². The highest BCUT2D eigenvalue weighted by Crippen LogP contribution is 2.13. The largest absolute Gasteiger partial charge is 0.397 e. The van der Waals surface area contributed by atoms with E-state index in [-0.39, 0.29) is 12.0 Å². The van der Waals surface area contributed by atoms with Gasteiger partial charge in [0.15, 0.2) is 0 Å². The minimum Gasteiger partial charge on any atom is -0.397 e. The molecule has 5 nitrogen and oxygen atoms in total. The molecule has 0 aromatic carbocycles. The third-order valence-corrected chi connectivity index (χ3v) is 2.76. The molecule has 1 amide bonds. The van der Waals surface area contributed by atoms with E-state index in [9.17, 15) is 9.90 Å². The number of rotatable bonds is 1. The van der Waals surface area contributed by atoms with Crippen LogP contribution in [-0.4, -0.2) is 40.1 Å². The van der Waals surface area contributed by atoms with E-state index in [1.54, 1.807) is 17.0 Å². The fraction of sp³-hybridized carbons (Fsp3) is 0.455. The van der Waals surface area contributed by atoms with Crippen LogP contribution in [0.15, 0.2) is 18.3 Å². The van der Waals surface area contributed by atoms with Crippen LogP contribution in [0.1, 0.15) is 23.3 Å². The van der Waals surface area contributed by atoms with Crippen LogP contribution in [-0.2, 0) is 0 Å². The van der Waals surface area contributed by atoms with Gasteiger partial charge >= 0.3 is 0 Å². The molecule has 0 saturated carbocycles. The number of aromatic nitrogens is 1. The van der Waals surface area contributed by atoms with Crippen LogP contribution < -0.4 is 5.73 Å². The lowest BCUT2D eigenvalue weighted by Gasteiger charge is -2.29. The zero-order chi connectivity index (χ0) is 11.5. The average Bonchev–Trinajstić information content (AvgIpc) is 2.30. The van der Waals surface area contributed by atoms with Crippen molar-refractivity contribution in [2.45, 2.75) is 18.9 Å². The van der Waals surface area contributed by atoms with Gasteiger partial charge in [0, 0.05) is 13.1 Å². The lowest BCUT2D eigenvalue weighted by molar-refractivity contribution is 0.0541. The second-order valence-corrected chi connectivity index (χ2v) is 4.00. The van der Waals surface area contributed by atoms with E-state index in [0.29, 0.717) is 37.3 Å². The molecule has 16 heavy (non-hydrogen) atoms. The van der Waals surface area contributed by atoms with Crippen LogP contribution in [0.2, 0.25) is 0 Å². The van der Waals surface area contributed by atoms with Gasteiger partial charge in [0.2, 0.25) is 0 Å². The summed E-state index contributed by atoms with van der Waals surface area (Å²) < 4.78 is 0. The second-order valence-electron chi connectivity index (χ2n) is 4.00. The monoisotopic (exact) mass is 221 g/mol. The molecule has 0 unspecified atom stereocenters. The summed E-state index contributed by atoms with van der Waals surface area (Å²) in [5, 5.41) is 9.35. The Hall–Kier alpha value is -1.62. The maximum atomic E-state index is 12.0. The number of nitrogen functional groups attached to an aromatic ring is 1.